The van der Waals surface area contributed by atoms with Crippen molar-refractivity contribution in [1.29, 1.82) is 0 Å². The number of methoxy groups -OCH3 is 1. The van der Waals surface area contributed by atoms with E-state index in [0.717, 1.165) is 10.1 Å². The van der Waals surface area contributed by atoms with Crippen LogP contribution in [0.15, 0.2) is 34.1 Å². The molecule has 0 bridgehead atoms. The molecule has 1 heterocycles. The highest BCUT2D eigenvalue weighted by atomic mass is 32.2. The number of hydrogen-bond acceptors (Lipinski definition) is 6. The molecule has 1 aromatic heterocycles. The molecular weight excluding hydrogens is 256 g/mol. The van der Waals surface area contributed by atoms with Crippen molar-refractivity contribution in [3.63, 3.8) is 0 Å². The van der Waals surface area contributed by atoms with Crippen LogP contribution in [0.2, 0.25) is 0 Å². The molecule has 0 fully saturated rings. The van der Waals surface area contributed by atoms with E-state index in [2.05, 4.69) is 10.2 Å². The molecule has 0 radical (unpaired) electrons. The predicted octanol–water partition coefficient (Wildman–Crippen LogP) is 2.52. The quantitative estimate of drug-likeness (QED) is 0.615. The van der Waals surface area contributed by atoms with E-state index in [9.17, 15) is 4.79 Å². The third kappa shape index (κ3) is 3.28. The van der Waals surface area contributed by atoms with Crippen LogP contribution in [0.1, 0.15) is 10.4 Å². The number of thioether (sulfide) groups is 1. The second-order valence-corrected chi connectivity index (χ2v) is 5.20. The molecule has 0 saturated carbocycles. The van der Waals surface area contributed by atoms with Crippen molar-refractivity contribution in [3.8, 4) is 5.75 Å². The topological polar surface area (TPSA) is 52.1 Å². The molecule has 88 valence electrons. The fourth-order valence-corrected chi connectivity index (χ4v) is 2.60. The SMILES string of the molecule is COc1ccc(C(=O)CSc2nncs2)cc1. The highest BCUT2D eigenvalue weighted by Gasteiger charge is 2.08. The van der Waals surface area contributed by atoms with Gasteiger partial charge in [-0.05, 0) is 24.3 Å². The van der Waals surface area contributed by atoms with Crippen molar-refractivity contribution in [1.82, 2.24) is 10.2 Å². The van der Waals surface area contributed by atoms with E-state index >= 15 is 0 Å². The maximum absolute atomic E-state index is 11.8. The van der Waals surface area contributed by atoms with E-state index in [0.29, 0.717) is 11.3 Å². The highest BCUT2D eigenvalue weighted by molar-refractivity contribution is 8.01. The van der Waals surface area contributed by atoms with Crippen molar-refractivity contribution in [3.05, 3.63) is 35.3 Å². The van der Waals surface area contributed by atoms with Gasteiger partial charge in [0.15, 0.2) is 10.1 Å². The Balaban J connectivity index is 1.95. The summed E-state index contributed by atoms with van der Waals surface area (Å²) in [5.41, 5.74) is 2.34. The number of rotatable bonds is 5. The van der Waals surface area contributed by atoms with Gasteiger partial charge in [-0.2, -0.15) is 0 Å². The first-order valence-electron chi connectivity index (χ1n) is 4.86. The van der Waals surface area contributed by atoms with Crippen LogP contribution in [0.25, 0.3) is 0 Å². The monoisotopic (exact) mass is 266 g/mol. The Morgan fingerprint density at radius 2 is 2.18 bits per heavy atom. The lowest BCUT2D eigenvalue weighted by molar-refractivity contribution is 0.102. The minimum atomic E-state index is 0.0767. The van der Waals surface area contributed by atoms with E-state index in [4.69, 9.17) is 4.74 Å². The molecule has 2 aromatic rings. The Morgan fingerprint density at radius 3 is 2.76 bits per heavy atom. The number of carbonyl (C=O) groups is 1. The van der Waals surface area contributed by atoms with Gasteiger partial charge in [0.25, 0.3) is 0 Å². The summed E-state index contributed by atoms with van der Waals surface area (Å²) in [7, 11) is 1.60. The Hall–Kier alpha value is -1.40. The molecule has 4 nitrogen and oxygen atoms in total. The lowest BCUT2D eigenvalue weighted by Gasteiger charge is -2.01. The minimum absolute atomic E-state index is 0.0767. The Morgan fingerprint density at radius 1 is 1.41 bits per heavy atom. The zero-order valence-electron chi connectivity index (χ0n) is 9.12. The second-order valence-electron chi connectivity index (χ2n) is 3.14. The third-order valence-corrected chi connectivity index (χ3v) is 3.94. The fraction of sp³-hybridized carbons (Fsp3) is 0.182. The van der Waals surface area contributed by atoms with Crippen LogP contribution >= 0.6 is 23.1 Å². The van der Waals surface area contributed by atoms with Crippen LogP contribution in [0, 0.1) is 0 Å². The first-order chi connectivity index (χ1) is 8.29. The summed E-state index contributed by atoms with van der Waals surface area (Å²) in [5, 5.41) is 7.58. The first kappa shape index (κ1) is 12.1. The van der Waals surface area contributed by atoms with Crippen LogP contribution in [0.4, 0.5) is 0 Å². The highest BCUT2D eigenvalue weighted by Crippen LogP contribution is 2.20. The van der Waals surface area contributed by atoms with E-state index in [1.807, 2.05) is 0 Å². The van der Waals surface area contributed by atoms with Crippen LogP contribution in [0.5, 0.6) is 5.75 Å². The van der Waals surface area contributed by atoms with E-state index in [1.54, 1.807) is 36.9 Å². The second kappa shape index (κ2) is 5.79. The zero-order chi connectivity index (χ0) is 12.1. The maximum Gasteiger partial charge on any atom is 0.174 e. The number of nitrogens with zero attached hydrogens (tertiary/aromatic N) is 2. The van der Waals surface area contributed by atoms with Gasteiger partial charge < -0.3 is 4.74 Å². The lowest BCUT2D eigenvalue weighted by atomic mass is 10.1. The van der Waals surface area contributed by atoms with E-state index in [1.165, 1.54) is 23.1 Å². The largest absolute Gasteiger partial charge is 0.497 e. The maximum atomic E-state index is 11.8. The summed E-state index contributed by atoms with van der Waals surface area (Å²) in [4.78, 5) is 11.8. The Labute approximate surface area is 107 Å². The molecule has 0 unspecified atom stereocenters. The van der Waals surface area contributed by atoms with Gasteiger partial charge >= 0.3 is 0 Å². The smallest absolute Gasteiger partial charge is 0.174 e. The summed E-state index contributed by atoms with van der Waals surface area (Å²) in [5.74, 6) is 1.20. The minimum Gasteiger partial charge on any atom is -0.497 e. The van der Waals surface area contributed by atoms with E-state index < -0.39 is 0 Å². The zero-order valence-corrected chi connectivity index (χ0v) is 10.8. The summed E-state index contributed by atoms with van der Waals surface area (Å²) in [6, 6.07) is 7.09. The van der Waals surface area contributed by atoms with Crippen molar-refractivity contribution in [2.45, 2.75) is 4.34 Å². The van der Waals surface area contributed by atoms with Crippen molar-refractivity contribution < 1.29 is 9.53 Å². The van der Waals surface area contributed by atoms with E-state index in [-0.39, 0.29) is 5.78 Å². The number of aromatic nitrogens is 2. The summed E-state index contributed by atoms with van der Waals surface area (Å²) < 4.78 is 5.85. The third-order valence-electron chi connectivity index (χ3n) is 2.08. The van der Waals surface area contributed by atoms with Crippen LogP contribution < -0.4 is 4.74 Å². The lowest BCUT2D eigenvalue weighted by Crippen LogP contribution is -2.02. The molecule has 0 atom stereocenters. The number of ether oxygens (including phenoxy) is 1. The van der Waals surface area contributed by atoms with Gasteiger partial charge in [0.1, 0.15) is 11.3 Å². The van der Waals surface area contributed by atoms with Crippen molar-refractivity contribution in [2.75, 3.05) is 12.9 Å². The first-order valence-corrected chi connectivity index (χ1v) is 6.72. The summed E-state index contributed by atoms with van der Waals surface area (Å²) >= 11 is 2.84. The van der Waals surface area contributed by atoms with Crippen LogP contribution in [-0.4, -0.2) is 28.8 Å². The predicted molar refractivity (Wildman–Crippen MR) is 68.0 cm³/mol. The normalized spacial score (nSPS) is 10.2. The average molecular weight is 266 g/mol. The molecule has 17 heavy (non-hydrogen) atoms. The molecule has 6 heteroatoms. The molecule has 0 aliphatic carbocycles. The van der Waals surface area contributed by atoms with Gasteiger partial charge in [0.2, 0.25) is 0 Å². The number of benzene rings is 1. The average Bonchev–Trinajstić information content (AvgIpc) is 2.89. The number of hydrogen-bond donors (Lipinski definition) is 0. The molecule has 0 saturated heterocycles. The van der Waals surface area contributed by atoms with Crippen molar-refractivity contribution >= 4 is 28.9 Å². The van der Waals surface area contributed by atoms with Crippen molar-refractivity contribution in [2.24, 2.45) is 0 Å². The molecule has 0 amide bonds. The van der Waals surface area contributed by atoms with Gasteiger partial charge in [-0.15, -0.1) is 10.2 Å². The summed E-state index contributed by atoms with van der Waals surface area (Å²) in [6.45, 7) is 0. The van der Waals surface area contributed by atoms with Gasteiger partial charge in [0.05, 0.1) is 12.9 Å². The molecule has 1 aromatic carbocycles. The van der Waals surface area contributed by atoms with Gasteiger partial charge in [-0.3, -0.25) is 4.79 Å². The molecule has 2 rings (SSSR count). The molecular formula is C11H10N2O2S2. The molecule has 0 N–H and O–H groups in total. The molecule has 0 aliphatic rings. The molecule has 0 spiro atoms. The summed E-state index contributed by atoms with van der Waals surface area (Å²) in [6.07, 6.45) is 0. The van der Waals surface area contributed by atoms with Gasteiger partial charge in [0, 0.05) is 5.56 Å². The van der Waals surface area contributed by atoms with Gasteiger partial charge in [-0.1, -0.05) is 23.1 Å². The Bertz CT molecular complexity index is 483. The fourth-order valence-electron chi connectivity index (χ4n) is 1.21. The Kier molecular flexibility index (Phi) is 4.11. The van der Waals surface area contributed by atoms with Crippen LogP contribution in [0.3, 0.4) is 0 Å². The molecule has 0 aliphatic heterocycles. The van der Waals surface area contributed by atoms with Gasteiger partial charge in [-0.25, -0.2) is 0 Å². The standard InChI is InChI=1S/C11H10N2O2S2/c1-15-9-4-2-8(3-5-9)10(14)6-16-11-13-12-7-17-11/h2-5,7H,6H2,1H3. The number of ketones is 1. The number of Topliss-reactive ketones (excluding diaryl/α,β-unsaturated/α-hetero) is 1. The number of carbonyl (C=O) groups excluding carboxylic acids is 1. The van der Waals surface area contributed by atoms with Crippen LogP contribution in [-0.2, 0) is 0 Å².